The van der Waals surface area contributed by atoms with E-state index < -0.39 is 0 Å². The minimum atomic E-state index is 0.123. The Morgan fingerprint density at radius 3 is 2.64 bits per heavy atom. The molecule has 0 bridgehead atoms. The quantitative estimate of drug-likeness (QED) is 0.668. The zero-order valence-corrected chi connectivity index (χ0v) is 8.44. The van der Waals surface area contributed by atoms with E-state index in [4.69, 9.17) is 0 Å². The molecule has 14 heavy (non-hydrogen) atoms. The van der Waals surface area contributed by atoms with E-state index in [1.165, 1.54) is 6.42 Å². The maximum absolute atomic E-state index is 11.9. The van der Waals surface area contributed by atoms with Crippen molar-refractivity contribution in [2.24, 2.45) is 7.05 Å². The van der Waals surface area contributed by atoms with Gasteiger partial charge in [-0.3, -0.25) is 9.48 Å². The number of aromatic nitrogens is 2. The molecule has 1 aromatic rings. The number of piperidine rings is 1. The van der Waals surface area contributed by atoms with Crippen molar-refractivity contribution in [2.75, 3.05) is 13.1 Å². The number of amides is 1. The molecule has 0 N–H and O–H groups in total. The highest BCUT2D eigenvalue weighted by Gasteiger charge is 2.18. The van der Waals surface area contributed by atoms with Gasteiger partial charge in [-0.25, -0.2) is 0 Å². The van der Waals surface area contributed by atoms with Gasteiger partial charge in [-0.1, -0.05) is 0 Å². The molecule has 0 aliphatic carbocycles. The van der Waals surface area contributed by atoms with Gasteiger partial charge < -0.3 is 4.90 Å². The highest BCUT2D eigenvalue weighted by molar-refractivity contribution is 5.93. The van der Waals surface area contributed by atoms with Crippen molar-refractivity contribution in [1.82, 2.24) is 14.7 Å². The summed E-state index contributed by atoms with van der Waals surface area (Å²) in [6.45, 7) is 1.79. The maximum atomic E-state index is 11.9. The van der Waals surface area contributed by atoms with Gasteiger partial charge in [-0.05, 0) is 19.3 Å². The lowest BCUT2D eigenvalue weighted by molar-refractivity contribution is 0.0724. The summed E-state index contributed by atoms with van der Waals surface area (Å²) in [6, 6.07) is 0. The standard InChI is InChI=1S/C10H15N3O/c1-12-8-9(7-11-12)10(14)13-5-3-2-4-6-13/h7-8H,2-6H2,1H3. The Hall–Kier alpha value is -1.32. The Kier molecular flexibility index (Phi) is 2.52. The fourth-order valence-corrected chi connectivity index (χ4v) is 1.81. The van der Waals surface area contributed by atoms with Gasteiger partial charge in [0, 0.05) is 26.3 Å². The molecule has 1 aliphatic rings. The number of hydrogen-bond acceptors (Lipinski definition) is 2. The molecule has 2 rings (SSSR count). The topological polar surface area (TPSA) is 38.1 Å². The number of likely N-dealkylation sites (tertiary alicyclic amines) is 1. The SMILES string of the molecule is Cn1cc(C(=O)N2CCCCC2)cn1. The summed E-state index contributed by atoms with van der Waals surface area (Å²) in [5, 5.41) is 4.00. The molecule has 1 amide bonds. The highest BCUT2D eigenvalue weighted by atomic mass is 16.2. The molecule has 0 spiro atoms. The Morgan fingerprint density at radius 1 is 1.36 bits per heavy atom. The van der Waals surface area contributed by atoms with Crippen LogP contribution in [0, 0.1) is 0 Å². The van der Waals surface area contributed by atoms with Crippen LogP contribution in [0.5, 0.6) is 0 Å². The van der Waals surface area contributed by atoms with Gasteiger partial charge in [-0.15, -0.1) is 0 Å². The van der Waals surface area contributed by atoms with Crippen LogP contribution in [-0.4, -0.2) is 33.7 Å². The lowest BCUT2D eigenvalue weighted by Gasteiger charge is -2.26. The summed E-state index contributed by atoms with van der Waals surface area (Å²) >= 11 is 0. The van der Waals surface area contributed by atoms with Crippen molar-refractivity contribution in [1.29, 1.82) is 0 Å². The van der Waals surface area contributed by atoms with E-state index in [2.05, 4.69) is 5.10 Å². The van der Waals surface area contributed by atoms with E-state index in [9.17, 15) is 4.79 Å². The summed E-state index contributed by atoms with van der Waals surface area (Å²) in [5.74, 6) is 0.123. The molecular formula is C10H15N3O. The Morgan fingerprint density at radius 2 is 2.07 bits per heavy atom. The van der Waals surface area contributed by atoms with Crippen LogP contribution < -0.4 is 0 Å². The van der Waals surface area contributed by atoms with E-state index in [1.807, 2.05) is 11.9 Å². The fraction of sp³-hybridized carbons (Fsp3) is 0.600. The normalized spacial score (nSPS) is 17.1. The Bertz CT molecular complexity index is 326. The summed E-state index contributed by atoms with van der Waals surface area (Å²) in [6.07, 6.45) is 6.92. The van der Waals surface area contributed by atoms with Gasteiger partial charge in [0.1, 0.15) is 0 Å². The molecule has 4 nitrogen and oxygen atoms in total. The monoisotopic (exact) mass is 193 g/mol. The van der Waals surface area contributed by atoms with Crippen molar-refractivity contribution < 1.29 is 4.79 Å². The lowest BCUT2D eigenvalue weighted by atomic mass is 10.1. The smallest absolute Gasteiger partial charge is 0.257 e. The van der Waals surface area contributed by atoms with Gasteiger partial charge >= 0.3 is 0 Å². The first-order valence-electron chi connectivity index (χ1n) is 5.05. The fourth-order valence-electron chi connectivity index (χ4n) is 1.81. The third-order valence-electron chi connectivity index (χ3n) is 2.60. The third-order valence-corrected chi connectivity index (χ3v) is 2.60. The molecule has 1 fully saturated rings. The molecular weight excluding hydrogens is 178 g/mol. The Balaban J connectivity index is 2.07. The average molecular weight is 193 g/mol. The third kappa shape index (κ3) is 1.78. The number of carbonyl (C=O) groups is 1. The van der Waals surface area contributed by atoms with E-state index in [-0.39, 0.29) is 5.91 Å². The largest absolute Gasteiger partial charge is 0.339 e. The minimum absolute atomic E-state index is 0.123. The van der Waals surface area contributed by atoms with Crippen LogP contribution in [-0.2, 0) is 7.05 Å². The molecule has 1 aliphatic heterocycles. The molecule has 0 aromatic carbocycles. The summed E-state index contributed by atoms with van der Waals surface area (Å²) in [5.41, 5.74) is 0.703. The van der Waals surface area contributed by atoms with Crippen molar-refractivity contribution in [2.45, 2.75) is 19.3 Å². The zero-order valence-electron chi connectivity index (χ0n) is 8.44. The molecule has 0 unspecified atom stereocenters. The van der Waals surface area contributed by atoms with Crippen LogP contribution in [0.1, 0.15) is 29.6 Å². The van der Waals surface area contributed by atoms with Gasteiger partial charge in [-0.2, -0.15) is 5.10 Å². The summed E-state index contributed by atoms with van der Waals surface area (Å²) < 4.78 is 1.66. The van der Waals surface area contributed by atoms with Crippen molar-refractivity contribution in [3.05, 3.63) is 18.0 Å². The molecule has 1 saturated heterocycles. The van der Waals surface area contributed by atoms with E-state index in [1.54, 1.807) is 17.1 Å². The number of carbonyl (C=O) groups excluding carboxylic acids is 1. The predicted octanol–water partition coefficient (Wildman–Crippen LogP) is 1.05. The van der Waals surface area contributed by atoms with Crippen LogP contribution in [0.2, 0.25) is 0 Å². The lowest BCUT2D eigenvalue weighted by Crippen LogP contribution is -2.35. The van der Waals surface area contributed by atoms with Crippen LogP contribution in [0.25, 0.3) is 0 Å². The molecule has 0 radical (unpaired) electrons. The molecule has 2 heterocycles. The second kappa shape index (κ2) is 3.82. The van der Waals surface area contributed by atoms with Crippen molar-refractivity contribution in [3.63, 3.8) is 0 Å². The van der Waals surface area contributed by atoms with Gasteiger partial charge in [0.15, 0.2) is 0 Å². The van der Waals surface area contributed by atoms with Gasteiger partial charge in [0.2, 0.25) is 0 Å². The molecule has 0 atom stereocenters. The first-order chi connectivity index (χ1) is 6.77. The number of hydrogen-bond donors (Lipinski definition) is 0. The first-order valence-corrected chi connectivity index (χ1v) is 5.05. The van der Waals surface area contributed by atoms with Gasteiger partial charge in [0.25, 0.3) is 5.91 Å². The van der Waals surface area contributed by atoms with Crippen molar-refractivity contribution in [3.8, 4) is 0 Å². The second-order valence-corrected chi connectivity index (χ2v) is 3.76. The molecule has 4 heteroatoms. The van der Waals surface area contributed by atoms with Crippen LogP contribution >= 0.6 is 0 Å². The zero-order chi connectivity index (χ0) is 9.97. The summed E-state index contributed by atoms with van der Waals surface area (Å²) in [7, 11) is 1.83. The van der Waals surface area contributed by atoms with Crippen LogP contribution in [0.15, 0.2) is 12.4 Å². The number of rotatable bonds is 1. The second-order valence-electron chi connectivity index (χ2n) is 3.76. The molecule has 0 saturated carbocycles. The van der Waals surface area contributed by atoms with E-state index >= 15 is 0 Å². The highest BCUT2D eigenvalue weighted by Crippen LogP contribution is 2.12. The van der Waals surface area contributed by atoms with Gasteiger partial charge in [0.05, 0.1) is 11.8 Å². The number of aryl methyl sites for hydroxylation is 1. The maximum Gasteiger partial charge on any atom is 0.257 e. The average Bonchev–Trinajstić information content (AvgIpc) is 2.65. The first kappa shape index (κ1) is 9.24. The van der Waals surface area contributed by atoms with E-state index in [0.717, 1.165) is 25.9 Å². The van der Waals surface area contributed by atoms with Crippen molar-refractivity contribution >= 4 is 5.91 Å². The predicted molar refractivity (Wildman–Crippen MR) is 53.0 cm³/mol. The van der Waals surface area contributed by atoms with Crippen LogP contribution in [0.4, 0.5) is 0 Å². The molecule has 76 valence electrons. The Labute approximate surface area is 83.5 Å². The summed E-state index contributed by atoms with van der Waals surface area (Å²) in [4.78, 5) is 13.8. The van der Waals surface area contributed by atoms with Crippen LogP contribution in [0.3, 0.4) is 0 Å². The van der Waals surface area contributed by atoms with E-state index in [0.29, 0.717) is 5.56 Å². The molecule has 1 aromatic heterocycles. The minimum Gasteiger partial charge on any atom is -0.339 e. The number of nitrogens with zero attached hydrogens (tertiary/aromatic N) is 3.